The molecule has 0 aromatic rings. The molecule has 0 aromatic carbocycles. The molecule has 20 fully saturated rings. The van der Waals surface area contributed by atoms with Gasteiger partial charge < -0.3 is 51.1 Å². The fourth-order valence-corrected chi connectivity index (χ4v) is 45.6. The van der Waals surface area contributed by atoms with Crippen molar-refractivity contribution in [3.05, 3.63) is 0 Å². The van der Waals surface area contributed by atoms with E-state index < -0.39 is 5.60 Å². The van der Waals surface area contributed by atoms with E-state index in [1.165, 1.54) is 257 Å². The zero-order valence-corrected chi connectivity index (χ0v) is 99.8. The summed E-state index contributed by atoms with van der Waals surface area (Å²) in [6.07, 6.45) is 75.0. The second kappa shape index (κ2) is 47.9. The van der Waals surface area contributed by atoms with Gasteiger partial charge in [-0.2, -0.15) is 0 Å². The normalized spacial score (nSPS) is 48.6. The first-order chi connectivity index (χ1) is 69.0. The van der Waals surface area contributed by atoms with Crippen molar-refractivity contribution in [2.45, 2.75) is 596 Å². The number of hydrogen-bond donors (Lipinski definition) is 10. The second-order valence-corrected chi connectivity index (χ2v) is 62.7. The van der Waals surface area contributed by atoms with E-state index in [1.807, 2.05) is 13.8 Å². The van der Waals surface area contributed by atoms with Gasteiger partial charge in [-0.15, -0.1) is 0 Å². The molecule has 0 bridgehead atoms. The summed E-state index contributed by atoms with van der Waals surface area (Å²) < 4.78 is 0. The zero-order valence-electron chi connectivity index (χ0n) is 99.8. The van der Waals surface area contributed by atoms with Gasteiger partial charge in [0.25, 0.3) is 0 Å². The number of rotatable bonds is 28. The summed E-state index contributed by atoms with van der Waals surface area (Å²) in [5.41, 5.74) is 0.406. The molecule has 20 rings (SSSR count). The molecule has 1 unspecified atom stereocenters. The van der Waals surface area contributed by atoms with Gasteiger partial charge >= 0.3 is 0 Å². The van der Waals surface area contributed by atoms with Crippen LogP contribution in [0.1, 0.15) is 544 Å². The lowest BCUT2D eigenvalue weighted by molar-refractivity contribution is -0.109. The Morgan fingerprint density at radius 1 is 0.233 bits per heavy atom. The van der Waals surface area contributed by atoms with Crippen LogP contribution in [0, 0.1) is 252 Å². The summed E-state index contributed by atoms with van der Waals surface area (Å²) in [5.74, 6) is 31.9. The van der Waals surface area contributed by atoms with Crippen LogP contribution in [0.5, 0.6) is 0 Å². The second-order valence-electron chi connectivity index (χ2n) is 62.7. The SMILES string of the molecule is CC[C@]1(O)CC[C@H]2[C@@H](CC[C@@H]3[C@@H]2CC[C@]2(C)[C@@H]([C@H](C)CCC(C)(C)O)CC[C@@H]32)C1.CC[C@]1(O)CC[C@H]2[C@@H](CC[C@@H]3[C@@H]2CC[C@]2(C)[C@@H]([C@H](C)CCC(O)C(C)C)CC[C@@H]32)C1.CC[C@]1(O)CC[C@H]2[C@@H](CC[C@@H]3[C@@H]2CC[C@]2(C)[C@@H]([C@H](C)CCCO)CC[C@@H]32)C1.CC[C@]1(O)CC[C@H]2[C@@H](CC[C@@H]3[C@@H]2CC[C@]2(C)[C@@H]([C@H](C)CC[C@@H](O)C(C)C)CC[C@@H]32)C1.CC[C@]1(O)CC[C@H]2[C@@H](CC[C@@H]3[C@@H]2CC[C@]2(C)[C@@H]([C@H](C)CC[C@H](O)C(C)C)CC[C@@H]32)C1. The van der Waals surface area contributed by atoms with Crippen LogP contribution in [0.25, 0.3) is 0 Å². The van der Waals surface area contributed by atoms with E-state index in [4.69, 9.17) is 0 Å². The number of aliphatic hydroxyl groups is 10. The van der Waals surface area contributed by atoms with Crippen LogP contribution in [-0.4, -0.2) is 110 Å². The van der Waals surface area contributed by atoms with Gasteiger partial charge in [0.2, 0.25) is 0 Å². The Morgan fingerprint density at radius 3 is 0.610 bits per heavy atom. The van der Waals surface area contributed by atoms with Crippen molar-refractivity contribution >= 4 is 0 Å². The molecule has 146 heavy (non-hydrogen) atoms. The third kappa shape index (κ3) is 24.3. The lowest BCUT2D eigenvalue weighted by Gasteiger charge is -2.57. The molecule has 20 aliphatic carbocycles. The fourth-order valence-electron chi connectivity index (χ4n) is 45.6. The van der Waals surface area contributed by atoms with Gasteiger partial charge in [-0.3, -0.25) is 0 Å². The summed E-state index contributed by atoms with van der Waals surface area (Å²) in [4.78, 5) is 0. The highest BCUT2D eigenvalue weighted by Crippen LogP contribution is 2.74. The van der Waals surface area contributed by atoms with Crippen LogP contribution >= 0.6 is 0 Å². The van der Waals surface area contributed by atoms with Gasteiger partial charge in [0.1, 0.15) is 0 Å². The average Bonchev–Trinajstić information content (AvgIpc) is 1.55. The van der Waals surface area contributed by atoms with Crippen LogP contribution in [0.4, 0.5) is 0 Å². The molecular formula is C136H242O10. The maximum absolute atomic E-state index is 10.9. The molecule has 846 valence electrons. The standard InChI is InChI=1S/3C28H50O2.C27H48O2.C25H44O2/c3*1-6-28(30)16-14-21-20(17-28)8-9-23-22(21)13-15-27(5)24(10-11-25(23)27)19(4)7-12-26(29)18(2)3;1-6-27(29)16-13-20-19(17-27)7-8-22-21(20)12-15-26(5)23(9-10-24(22)26)18(2)11-14-25(3,4)28;1-4-25(27)14-12-19-18(16-25)7-8-21-20(19)11-13-24(3)22(9-10-23(21)24)17(2)6-5-15-26/h3*18-26,29-30H,6-17H2,1-5H3;18-24,28-29H,6-17H2,1-5H3;17-23,26-27H,4-16H2,1-3H3/t19-,20+,21+,22-,23-,24-,25+,26?,27-,28+;19-,20+,21+,22-,23-,24-,25+,26+,27-,28+;19-,20+,21+,22-,23-,24-,25+,26-,27-,28+;18-,19+,20+,21-,22-,23-,24+,26-,27+;17-,18+,19+,20-,21-,22-,23+,24-,25+/m11111/s1. The van der Waals surface area contributed by atoms with Gasteiger partial charge in [0.05, 0.1) is 51.9 Å². The Hall–Kier alpha value is -0.400. The number of aliphatic hydroxyl groups excluding tert-OH is 4. The van der Waals surface area contributed by atoms with E-state index >= 15 is 0 Å². The fraction of sp³-hybridized carbons (Fsp3) is 1.00. The Morgan fingerprint density at radius 2 is 0.425 bits per heavy atom. The molecule has 0 spiro atoms. The Kier molecular flexibility index (Phi) is 38.7. The Labute approximate surface area is 900 Å². The van der Waals surface area contributed by atoms with E-state index in [9.17, 15) is 51.1 Å². The highest BCUT2D eigenvalue weighted by molar-refractivity contribution is 5.16. The predicted molar refractivity (Wildman–Crippen MR) is 607 cm³/mol. The third-order valence-corrected chi connectivity index (χ3v) is 54.7. The van der Waals surface area contributed by atoms with Crippen molar-refractivity contribution in [1.82, 2.24) is 0 Å². The Bertz CT molecular complexity index is 3780. The number of hydrogen-bond acceptors (Lipinski definition) is 10. The van der Waals surface area contributed by atoms with Crippen LogP contribution < -0.4 is 0 Å². The summed E-state index contributed by atoms with van der Waals surface area (Å²) in [6, 6.07) is 0. The first-order valence-electron chi connectivity index (χ1n) is 66.0. The van der Waals surface area contributed by atoms with Crippen LogP contribution in [-0.2, 0) is 0 Å². The lowest BCUT2D eigenvalue weighted by Crippen LogP contribution is -2.51. The topological polar surface area (TPSA) is 202 Å². The molecule has 48 atom stereocenters. The van der Waals surface area contributed by atoms with Crippen LogP contribution in [0.3, 0.4) is 0 Å². The molecule has 0 aromatic heterocycles. The van der Waals surface area contributed by atoms with Crippen molar-refractivity contribution in [3.63, 3.8) is 0 Å². The van der Waals surface area contributed by atoms with Crippen molar-refractivity contribution < 1.29 is 51.1 Å². The molecular weight excluding hydrogens is 1790 g/mol. The van der Waals surface area contributed by atoms with Crippen LogP contribution in [0.15, 0.2) is 0 Å². The van der Waals surface area contributed by atoms with Crippen molar-refractivity contribution in [3.8, 4) is 0 Å². The van der Waals surface area contributed by atoms with E-state index in [-0.39, 0.29) is 46.3 Å². The lowest BCUT2D eigenvalue weighted by atomic mass is 9.48. The zero-order chi connectivity index (χ0) is 105. The monoisotopic (exact) mass is 2040 g/mol. The largest absolute Gasteiger partial charge is 0.396 e. The smallest absolute Gasteiger partial charge is 0.0648 e. The number of fused-ring (bicyclic) bond motifs is 25. The van der Waals surface area contributed by atoms with Gasteiger partial charge in [-0.25, -0.2) is 0 Å². The van der Waals surface area contributed by atoms with Gasteiger partial charge in [0, 0.05) is 6.61 Å². The molecule has 10 N–H and O–H groups in total. The van der Waals surface area contributed by atoms with Gasteiger partial charge in [-0.05, 0) is 651 Å². The van der Waals surface area contributed by atoms with E-state index in [2.05, 4.69) is 145 Å². The molecule has 0 saturated heterocycles. The third-order valence-electron chi connectivity index (χ3n) is 54.7. The molecule has 0 heterocycles. The van der Waals surface area contributed by atoms with Crippen LogP contribution in [0.2, 0.25) is 0 Å². The van der Waals surface area contributed by atoms with Crippen molar-refractivity contribution in [1.29, 1.82) is 0 Å². The summed E-state index contributed by atoms with van der Waals surface area (Å²) in [7, 11) is 0. The molecule has 20 aliphatic rings. The molecule has 20 saturated carbocycles. The predicted octanol–water partition coefficient (Wildman–Crippen LogP) is 32.9. The minimum atomic E-state index is -0.523. The maximum atomic E-state index is 10.9. The van der Waals surface area contributed by atoms with Gasteiger partial charge in [-0.1, -0.05) is 145 Å². The minimum Gasteiger partial charge on any atom is -0.396 e. The molecule has 0 radical (unpaired) electrons. The van der Waals surface area contributed by atoms with E-state index in [0.29, 0.717) is 51.4 Å². The van der Waals surface area contributed by atoms with Crippen molar-refractivity contribution in [2.24, 2.45) is 252 Å². The molecule has 10 nitrogen and oxygen atoms in total. The summed E-state index contributed by atoms with van der Waals surface area (Å²) in [5, 5.41) is 105. The summed E-state index contributed by atoms with van der Waals surface area (Å²) in [6.45, 7) is 53.7. The van der Waals surface area contributed by atoms with Crippen molar-refractivity contribution in [2.75, 3.05) is 6.61 Å². The maximum Gasteiger partial charge on any atom is 0.0648 e. The highest BCUT2D eigenvalue weighted by Gasteiger charge is 2.66. The van der Waals surface area contributed by atoms with Gasteiger partial charge in [0.15, 0.2) is 0 Å². The highest BCUT2D eigenvalue weighted by atomic mass is 16.3. The van der Waals surface area contributed by atoms with E-state index in [0.717, 1.165) is 336 Å². The first kappa shape index (κ1) is 118. The molecule has 0 aliphatic heterocycles. The quantitative estimate of drug-likeness (QED) is 0.0359. The molecule has 10 heteroatoms. The summed E-state index contributed by atoms with van der Waals surface area (Å²) >= 11 is 0. The van der Waals surface area contributed by atoms with E-state index in [1.54, 1.807) is 0 Å². The molecule has 0 amide bonds. The first-order valence-corrected chi connectivity index (χ1v) is 66.0. The Balaban J connectivity index is 0.000000131. The average molecular weight is 2040 g/mol. The minimum absolute atomic E-state index is 0.128.